The SMILES string of the molecule is CCCCc1nc(N)nn1C. The Morgan fingerprint density at radius 1 is 1.55 bits per heavy atom. The number of nitrogens with zero attached hydrogens (tertiary/aromatic N) is 3. The van der Waals surface area contributed by atoms with Crippen LogP contribution in [0.1, 0.15) is 25.6 Å². The first-order valence-electron chi connectivity index (χ1n) is 3.89. The fourth-order valence-corrected chi connectivity index (χ4v) is 0.991. The zero-order valence-electron chi connectivity index (χ0n) is 7.04. The van der Waals surface area contributed by atoms with Crippen molar-refractivity contribution in [3.8, 4) is 0 Å². The number of hydrogen-bond donors (Lipinski definition) is 1. The summed E-state index contributed by atoms with van der Waals surface area (Å²) in [5, 5.41) is 3.95. The molecule has 11 heavy (non-hydrogen) atoms. The Morgan fingerprint density at radius 2 is 2.27 bits per heavy atom. The van der Waals surface area contributed by atoms with Crippen LogP contribution >= 0.6 is 0 Å². The summed E-state index contributed by atoms with van der Waals surface area (Å²) in [6, 6.07) is 0. The van der Waals surface area contributed by atoms with E-state index in [0.717, 1.165) is 18.7 Å². The summed E-state index contributed by atoms with van der Waals surface area (Å²) in [5.41, 5.74) is 5.41. The standard InChI is InChI=1S/C7H14N4/c1-3-4-5-6-9-7(8)10-11(6)2/h3-5H2,1-2H3,(H2,8,10). The molecule has 2 N–H and O–H groups in total. The third-order valence-electron chi connectivity index (χ3n) is 1.62. The maximum absolute atomic E-state index is 5.41. The summed E-state index contributed by atoms with van der Waals surface area (Å²) in [4.78, 5) is 4.08. The predicted molar refractivity (Wildman–Crippen MR) is 44.0 cm³/mol. The number of rotatable bonds is 3. The molecular weight excluding hydrogens is 140 g/mol. The summed E-state index contributed by atoms with van der Waals surface area (Å²) in [6.07, 6.45) is 3.29. The van der Waals surface area contributed by atoms with Gasteiger partial charge in [0, 0.05) is 13.5 Å². The van der Waals surface area contributed by atoms with Gasteiger partial charge in [-0.05, 0) is 6.42 Å². The Hall–Kier alpha value is -1.06. The van der Waals surface area contributed by atoms with E-state index < -0.39 is 0 Å². The van der Waals surface area contributed by atoms with Gasteiger partial charge in [-0.2, -0.15) is 4.98 Å². The fourth-order valence-electron chi connectivity index (χ4n) is 0.991. The first-order chi connectivity index (χ1) is 5.24. The van der Waals surface area contributed by atoms with Gasteiger partial charge in [0.25, 0.3) is 0 Å². The number of aromatic nitrogens is 3. The van der Waals surface area contributed by atoms with Gasteiger partial charge in [-0.15, -0.1) is 5.10 Å². The van der Waals surface area contributed by atoms with Crippen molar-refractivity contribution in [3.05, 3.63) is 5.82 Å². The van der Waals surface area contributed by atoms with Gasteiger partial charge >= 0.3 is 0 Å². The number of aryl methyl sites for hydroxylation is 2. The summed E-state index contributed by atoms with van der Waals surface area (Å²) in [7, 11) is 1.87. The van der Waals surface area contributed by atoms with Crippen LogP contribution in [0.4, 0.5) is 5.95 Å². The summed E-state index contributed by atoms with van der Waals surface area (Å²) in [5.74, 6) is 1.35. The van der Waals surface area contributed by atoms with Crippen LogP contribution in [0.25, 0.3) is 0 Å². The van der Waals surface area contributed by atoms with E-state index in [1.54, 1.807) is 4.68 Å². The quantitative estimate of drug-likeness (QED) is 0.698. The van der Waals surface area contributed by atoms with Crippen LogP contribution in [0, 0.1) is 0 Å². The van der Waals surface area contributed by atoms with Gasteiger partial charge in [-0.3, -0.25) is 4.68 Å². The molecule has 0 aliphatic heterocycles. The molecule has 0 bridgehead atoms. The maximum atomic E-state index is 5.41. The zero-order valence-corrected chi connectivity index (χ0v) is 7.04. The van der Waals surface area contributed by atoms with Crippen LogP contribution in [0.3, 0.4) is 0 Å². The zero-order chi connectivity index (χ0) is 8.27. The number of nitrogens with two attached hydrogens (primary N) is 1. The third kappa shape index (κ3) is 1.93. The molecule has 0 radical (unpaired) electrons. The van der Waals surface area contributed by atoms with Crippen LogP contribution < -0.4 is 5.73 Å². The molecule has 1 rings (SSSR count). The molecule has 0 aliphatic rings. The Kier molecular flexibility index (Phi) is 2.46. The normalized spacial score (nSPS) is 10.4. The summed E-state index contributed by atoms with van der Waals surface area (Å²) >= 11 is 0. The fraction of sp³-hybridized carbons (Fsp3) is 0.714. The van der Waals surface area contributed by atoms with E-state index in [1.807, 2.05) is 7.05 Å². The third-order valence-corrected chi connectivity index (χ3v) is 1.62. The lowest BCUT2D eigenvalue weighted by Crippen LogP contribution is -1.98. The minimum absolute atomic E-state index is 0.374. The molecule has 1 aromatic rings. The molecule has 4 nitrogen and oxygen atoms in total. The largest absolute Gasteiger partial charge is 0.366 e. The first-order valence-corrected chi connectivity index (χ1v) is 3.89. The Bertz CT molecular complexity index is 228. The van der Waals surface area contributed by atoms with E-state index >= 15 is 0 Å². The second-order valence-corrected chi connectivity index (χ2v) is 2.61. The van der Waals surface area contributed by atoms with Crippen molar-refractivity contribution in [2.75, 3.05) is 5.73 Å². The first kappa shape index (κ1) is 8.04. The molecule has 0 saturated heterocycles. The lowest BCUT2D eigenvalue weighted by atomic mass is 10.2. The molecule has 0 unspecified atom stereocenters. The van der Waals surface area contributed by atoms with Crippen molar-refractivity contribution in [2.24, 2.45) is 7.05 Å². The predicted octanol–water partition coefficient (Wildman–Crippen LogP) is 0.740. The van der Waals surface area contributed by atoms with Crippen molar-refractivity contribution >= 4 is 5.95 Å². The van der Waals surface area contributed by atoms with E-state index in [0.29, 0.717) is 5.95 Å². The molecule has 0 aliphatic carbocycles. The van der Waals surface area contributed by atoms with Crippen molar-refractivity contribution < 1.29 is 0 Å². The molecule has 0 saturated carbocycles. The average molecular weight is 154 g/mol. The molecule has 0 aromatic carbocycles. The number of nitrogen functional groups attached to an aromatic ring is 1. The highest BCUT2D eigenvalue weighted by Crippen LogP contribution is 2.02. The monoisotopic (exact) mass is 154 g/mol. The van der Waals surface area contributed by atoms with E-state index in [2.05, 4.69) is 17.0 Å². The van der Waals surface area contributed by atoms with E-state index in [4.69, 9.17) is 5.73 Å². The second kappa shape index (κ2) is 3.37. The highest BCUT2D eigenvalue weighted by Gasteiger charge is 2.01. The van der Waals surface area contributed by atoms with Crippen molar-refractivity contribution in [1.82, 2.24) is 14.8 Å². The van der Waals surface area contributed by atoms with Gasteiger partial charge in [-0.1, -0.05) is 13.3 Å². The van der Waals surface area contributed by atoms with Crippen molar-refractivity contribution in [1.29, 1.82) is 0 Å². The van der Waals surface area contributed by atoms with Gasteiger partial charge in [0.1, 0.15) is 5.82 Å². The Labute approximate surface area is 66.4 Å². The van der Waals surface area contributed by atoms with Crippen molar-refractivity contribution in [2.45, 2.75) is 26.2 Å². The molecule has 1 aromatic heterocycles. The molecule has 0 spiro atoms. The molecule has 62 valence electrons. The number of anilines is 1. The van der Waals surface area contributed by atoms with Crippen LogP contribution in [0.2, 0.25) is 0 Å². The van der Waals surface area contributed by atoms with Gasteiger partial charge < -0.3 is 5.73 Å². The molecule has 0 fully saturated rings. The van der Waals surface area contributed by atoms with Crippen LogP contribution in [-0.4, -0.2) is 14.8 Å². The smallest absolute Gasteiger partial charge is 0.239 e. The highest BCUT2D eigenvalue weighted by molar-refractivity contribution is 5.13. The summed E-state index contributed by atoms with van der Waals surface area (Å²) in [6.45, 7) is 2.15. The van der Waals surface area contributed by atoms with E-state index in [9.17, 15) is 0 Å². The van der Waals surface area contributed by atoms with E-state index in [-0.39, 0.29) is 0 Å². The number of hydrogen-bond acceptors (Lipinski definition) is 3. The van der Waals surface area contributed by atoms with Gasteiger partial charge in [-0.25, -0.2) is 0 Å². The number of unbranched alkanes of at least 4 members (excludes halogenated alkanes) is 1. The van der Waals surface area contributed by atoms with Crippen LogP contribution in [0.15, 0.2) is 0 Å². The minimum atomic E-state index is 0.374. The van der Waals surface area contributed by atoms with Crippen LogP contribution in [-0.2, 0) is 13.5 Å². The maximum Gasteiger partial charge on any atom is 0.239 e. The minimum Gasteiger partial charge on any atom is -0.366 e. The second-order valence-electron chi connectivity index (χ2n) is 2.61. The molecule has 0 amide bonds. The van der Waals surface area contributed by atoms with Crippen LogP contribution in [0.5, 0.6) is 0 Å². The Balaban J connectivity index is 2.62. The topological polar surface area (TPSA) is 56.7 Å². The van der Waals surface area contributed by atoms with Gasteiger partial charge in [0.15, 0.2) is 0 Å². The summed E-state index contributed by atoms with van der Waals surface area (Å²) < 4.78 is 1.74. The highest BCUT2D eigenvalue weighted by atomic mass is 15.4. The Morgan fingerprint density at radius 3 is 2.73 bits per heavy atom. The average Bonchev–Trinajstić information content (AvgIpc) is 2.26. The molecule has 0 atom stereocenters. The molecular formula is C7H14N4. The van der Waals surface area contributed by atoms with Crippen molar-refractivity contribution in [3.63, 3.8) is 0 Å². The lowest BCUT2D eigenvalue weighted by Gasteiger charge is -1.95. The van der Waals surface area contributed by atoms with E-state index in [1.165, 1.54) is 6.42 Å². The molecule has 4 heteroatoms. The molecule has 1 heterocycles. The van der Waals surface area contributed by atoms with Gasteiger partial charge in [0.05, 0.1) is 0 Å². The van der Waals surface area contributed by atoms with Gasteiger partial charge in [0.2, 0.25) is 5.95 Å². The lowest BCUT2D eigenvalue weighted by molar-refractivity contribution is 0.665.